The van der Waals surface area contributed by atoms with Gasteiger partial charge in [-0.25, -0.2) is 0 Å². The molecule has 2 nitrogen and oxygen atoms in total. The van der Waals surface area contributed by atoms with Crippen LogP contribution >= 0.6 is 0 Å². The van der Waals surface area contributed by atoms with Gasteiger partial charge in [-0.1, -0.05) is 13.0 Å². The van der Waals surface area contributed by atoms with Crippen LogP contribution in [-0.2, 0) is 9.53 Å². The van der Waals surface area contributed by atoms with Gasteiger partial charge in [0, 0.05) is 0 Å². The molecule has 1 aliphatic heterocycles. The van der Waals surface area contributed by atoms with Gasteiger partial charge in [0.05, 0.1) is 17.1 Å². The minimum atomic E-state index is -0.343. The normalized spacial score (nSPS) is 28.1. The predicted octanol–water partition coefficient (Wildman–Crippen LogP) is 3.51. The molecule has 1 atom stereocenters. The summed E-state index contributed by atoms with van der Waals surface area (Å²) in [5.41, 5.74) is 0.403. The van der Waals surface area contributed by atoms with E-state index in [4.69, 9.17) is 4.74 Å². The molecule has 16 heavy (non-hydrogen) atoms. The topological polar surface area (TPSA) is 26.3 Å². The summed E-state index contributed by atoms with van der Waals surface area (Å²) in [6.45, 7) is 12.1. The Kier molecular flexibility index (Phi) is 3.63. The summed E-state index contributed by atoms with van der Waals surface area (Å²) in [6, 6.07) is 0. The fraction of sp³-hybridized carbons (Fsp3) is 0.786. The van der Waals surface area contributed by atoms with Crippen LogP contribution in [0.2, 0.25) is 0 Å². The zero-order valence-electron chi connectivity index (χ0n) is 11.4. The van der Waals surface area contributed by atoms with Gasteiger partial charge in [-0.05, 0) is 53.0 Å². The summed E-state index contributed by atoms with van der Waals surface area (Å²) in [5.74, 6) is 0.259. The first-order chi connectivity index (χ1) is 7.23. The lowest BCUT2D eigenvalue weighted by Gasteiger charge is -2.27. The first-order valence-electron chi connectivity index (χ1n) is 6.13. The second kappa shape index (κ2) is 4.33. The summed E-state index contributed by atoms with van der Waals surface area (Å²) in [6.07, 6.45) is 3.56. The summed E-state index contributed by atoms with van der Waals surface area (Å²) < 4.78 is 5.96. The van der Waals surface area contributed by atoms with E-state index >= 15 is 0 Å². The average molecular weight is 224 g/mol. The van der Waals surface area contributed by atoms with E-state index < -0.39 is 0 Å². The smallest absolute Gasteiger partial charge is 0.164 e. The van der Waals surface area contributed by atoms with Gasteiger partial charge in [-0.2, -0.15) is 0 Å². The molecule has 0 aromatic heterocycles. The van der Waals surface area contributed by atoms with E-state index in [1.807, 2.05) is 33.8 Å². The molecular weight excluding hydrogens is 200 g/mol. The van der Waals surface area contributed by atoms with Crippen molar-refractivity contribution in [3.8, 4) is 0 Å². The molecule has 1 saturated heterocycles. The predicted molar refractivity (Wildman–Crippen MR) is 66.4 cm³/mol. The van der Waals surface area contributed by atoms with E-state index in [-0.39, 0.29) is 22.9 Å². The molecular formula is C14H24O2. The van der Waals surface area contributed by atoms with Crippen LogP contribution in [0.5, 0.6) is 0 Å². The second-order valence-corrected chi connectivity index (χ2v) is 5.75. The van der Waals surface area contributed by atoms with Gasteiger partial charge in [-0.3, -0.25) is 4.79 Å². The Morgan fingerprint density at radius 2 is 1.94 bits per heavy atom. The minimum absolute atomic E-state index is 0.00588. The number of carbonyl (C=O) groups excluding carboxylic acids is 1. The highest BCUT2D eigenvalue weighted by molar-refractivity contribution is 5.98. The lowest BCUT2D eigenvalue weighted by molar-refractivity contribution is -0.125. The van der Waals surface area contributed by atoms with Crippen molar-refractivity contribution in [2.45, 2.75) is 65.6 Å². The Labute approximate surface area is 99.1 Å². The third-order valence-corrected chi connectivity index (χ3v) is 3.44. The van der Waals surface area contributed by atoms with Gasteiger partial charge in [0.2, 0.25) is 0 Å². The Hall–Kier alpha value is -0.630. The van der Waals surface area contributed by atoms with Crippen molar-refractivity contribution in [3.05, 3.63) is 11.6 Å². The molecule has 0 N–H and O–H groups in total. The molecule has 92 valence electrons. The van der Waals surface area contributed by atoms with Crippen LogP contribution in [0.4, 0.5) is 0 Å². The van der Waals surface area contributed by atoms with Crippen LogP contribution in [0.15, 0.2) is 11.6 Å². The van der Waals surface area contributed by atoms with E-state index in [1.54, 1.807) is 0 Å². The van der Waals surface area contributed by atoms with Crippen LogP contribution in [0.25, 0.3) is 0 Å². The lowest BCUT2D eigenvalue weighted by atomic mass is 9.81. The van der Waals surface area contributed by atoms with Gasteiger partial charge >= 0.3 is 0 Å². The van der Waals surface area contributed by atoms with Crippen LogP contribution in [0, 0.1) is 5.92 Å². The van der Waals surface area contributed by atoms with Gasteiger partial charge < -0.3 is 4.74 Å². The van der Waals surface area contributed by atoms with Crippen molar-refractivity contribution in [1.29, 1.82) is 0 Å². The largest absolute Gasteiger partial charge is 0.369 e. The van der Waals surface area contributed by atoms with Crippen molar-refractivity contribution in [2.75, 3.05) is 0 Å². The summed E-state index contributed by atoms with van der Waals surface area (Å²) in [5, 5.41) is 0. The number of rotatable bonds is 3. The number of hydrogen-bond acceptors (Lipinski definition) is 2. The van der Waals surface area contributed by atoms with Crippen LogP contribution in [0.1, 0.15) is 54.4 Å². The zero-order valence-corrected chi connectivity index (χ0v) is 11.4. The first kappa shape index (κ1) is 13.4. The molecule has 2 heteroatoms. The van der Waals surface area contributed by atoms with Crippen LogP contribution < -0.4 is 0 Å². The minimum Gasteiger partial charge on any atom is -0.369 e. The second-order valence-electron chi connectivity index (χ2n) is 5.75. The molecule has 1 fully saturated rings. The fourth-order valence-electron chi connectivity index (χ4n) is 2.72. The molecule has 0 aromatic carbocycles. The van der Waals surface area contributed by atoms with Gasteiger partial charge in [0.25, 0.3) is 0 Å². The summed E-state index contributed by atoms with van der Waals surface area (Å²) in [4.78, 5) is 12.4. The molecule has 1 rings (SSSR count). The number of ketones is 1. The Morgan fingerprint density at radius 3 is 2.25 bits per heavy atom. The molecule has 0 bridgehead atoms. The fourth-order valence-corrected chi connectivity index (χ4v) is 2.72. The summed E-state index contributed by atoms with van der Waals surface area (Å²) >= 11 is 0. The quantitative estimate of drug-likeness (QED) is 0.686. The van der Waals surface area contributed by atoms with Gasteiger partial charge in [-0.15, -0.1) is 0 Å². The zero-order chi connectivity index (χ0) is 12.6. The number of Topliss-reactive ketones (excluding diaryl/α,β-unsaturated/α-hetero) is 1. The molecule has 1 aliphatic rings. The van der Waals surface area contributed by atoms with E-state index in [1.165, 1.54) is 0 Å². The molecule has 0 aliphatic carbocycles. The van der Waals surface area contributed by atoms with Crippen molar-refractivity contribution in [1.82, 2.24) is 0 Å². The van der Waals surface area contributed by atoms with Gasteiger partial charge in [0.1, 0.15) is 0 Å². The molecule has 1 heterocycles. The molecule has 0 saturated carbocycles. The van der Waals surface area contributed by atoms with Gasteiger partial charge in [0.15, 0.2) is 5.78 Å². The van der Waals surface area contributed by atoms with E-state index in [0.717, 1.165) is 18.4 Å². The maximum absolute atomic E-state index is 12.4. The van der Waals surface area contributed by atoms with Crippen LogP contribution in [-0.4, -0.2) is 17.0 Å². The number of hydrogen-bond donors (Lipinski definition) is 0. The lowest BCUT2D eigenvalue weighted by Crippen LogP contribution is -2.34. The maximum atomic E-state index is 12.4. The van der Waals surface area contributed by atoms with Crippen molar-refractivity contribution in [2.24, 2.45) is 5.92 Å². The first-order valence-corrected chi connectivity index (χ1v) is 6.13. The Balaban J connectivity index is 2.93. The molecule has 0 spiro atoms. The third kappa shape index (κ3) is 2.54. The monoisotopic (exact) mass is 224 g/mol. The molecule has 0 aromatic rings. The van der Waals surface area contributed by atoms with Crippen LogP contribution in [0.3, 0.4) is 0 Å². The summed E-state index contributed by atoms with van der Waals surface area (Å²) in [7, 11) is 0. The van der Waals surface area contributed by atoms with E-state index in [9.17, 15) is 4.79 Å². The number of allylic oxidation sites excluding steroid dienone is 2. The van der Waals surface area contributed by atoms with Crippen molar-refractivity contribution < 1.29 is 9.53 Å². The highest BCUT2D eigenvalue weighted by atomic mass is 16.5. The van der Waals surface area contributed by atoms with E-state index in [0.29, 0.717) is 0 Å². The Bertz CT molecular complexity index is 311. The van der Waals surface area contributed by atoms with E-state index in [2.05, 4.69) is 13.8 Å². The average Bonchev–Trinajstić information content (AvgIpc) is 2.36. The number of ether oxygens (including phenoxy) is 1. The standard InChI is InChI=1S/C14H24O2/c1-7-10(8-2)12(15)11-9-13(3,4)16-14(11,5)6/h7,11H,8-9H2,1-6H3. The number of carbonyl (C=O) groups is 1. The van der Waals surface area contributed by atoms with Crippen molar-refractivity contribution in [3.63, 3.8) is 0 Å². The molecule has 0 amide bonds. The highest BCUT2D eigenvalue weighted by Gasteiger charge is 2.49. The third-order valence-electron chi connectivity index (χ3n) is 3.44. The maximum Gasteiger partial charge on any atom is 0.164 e. The SMILES string of the molecule is CC=C(CC)C(=O)C1CC(C)(C)OC1(C)C. The van der Waals surface area contributed by atoms with Crippen molar-refractivity contribution >= 4 is 5.78 Å². The molecule has 0 radical (unpaired) electrons. The highest BCUT2D eigenvalue weighted by Crippen LogP contribution is 2.43. The Morgan fingerprint density at radius 1 is 1.38 bits per heavy atom. The molecule has 1 unspecified atom stereocenters.